The first-order valence-corrected chi connectivity index (χ1v) is 6.70. The molecule has 2 saturated heterocycles. The summed E-state index contributed by atoms with van der Waals surface area (Å²) >= 11 is 0. The molecule has 0 radical (unpaired) electrons. The fourth-order valence-corrected chi connectivity index (χ4v) is 2.74. The van der Waals surface area contributed by atoms with Crippen molar-refractivity contribution in [2.75, 3.05) is 19.7 Å². The van der Waals surface area contributed by atoms with Crippen LogP contribution in [0.2, 0.25) is 0 Å². The van der Waals surface area contributed by atoms with E-state index in [4.69, 9.17) is 4.74 Å². The van der Waals surface area contributed by atoms with Crippen LogP contribution in [0.4, 0.5) is 0 Å². The van der Waals surface area contributed by atoms with Gasteiger partial charge in [-0.2, -0.15) is 0 Å². The lowest BCUT2D eigenvalue weighted by Crippen LogP contribution is -2.62. The molecule has 4 heteroatoms. The van der Waals surface area contributed by atoms with Gasteiger partial charge in [0.1, 0.15) is 0 Å². The fraction of sp³-hybridized carbons (Fsp3) is 0.923. The highest BCUT2D eigenvalue weighted by Gasteiger charge is 2.40. The van der Waals surface area contributed by atoms with Gasteiger partial charge in [0.15, 0.2) is 0 Å². The predicted molar refractivity (Wildman–Crippen MR) is 66.8 cm³/mol. The Hall–Kier alpha value is -0.610. The van der Waals surface area contributed by atoms with Crippen LogP contribution in [0.15, 0.2) is 0 Å². The van der Waals surface area contributed by atoms with Crippen LogP contribution in [0, 0.1) is 0 Å². The van der Waals surface area contributed by atoms with Crippen LogP contribution < -0.4 is 5.32 Å². The number of ether oxygens (including phenoxy) is 1. The molecule has 0 aromatic heterocycles. The highest BCUT2D eigenvalue weighted by molar-refractivity contribution is 5.86. The standard InChI is InChI=1S/C13H24N2O2/c1-10-9-17-11(2)8-15(10)12(16)13(3)6-4-5-7-14-13/h10-11,14H,4-9H2,1-3H3. The van der Waals surface area contributed by atoms with Crippen LogP contribution in [0.3, 0.4) is 0 Å². The molecule has 4 nitrogen and oxygen atoms in total. The number of amides is 1. The number of hydrogen-bond acceptors (Lipinski definition) is 3. The van der Waals surface area contributed by atoms with Gasteiger partial charge in [-0.15, -0.1) is 0 Å². The van der Waals surface area contributed by atoms with Crippen molar-refractivity contribution in [2.24, 2.45) is 0 Å². The van der Waals surface area contributed by atoms with Crippen LogP contribution in [0.1, 0.15) is 40.0 Å². The molecule has 2 aliphatic heterocycles. The van der Waals surface area contributed by atoms with Gasteiger partial charge in [0.2, 0.25) is 5.91 Å². The number of hydrogen-bond donors (Lipinski definition) is 1. The van der Waals surface area contributed by atoms with E-state index in [1.807, 2.05) is 18.7 Å². The zero-order chi connectivity index (χ0) is 12.5. The predicted octanol–water partition coefficient (Wildman–Crippen LogP) is 1.15. The Balaban J connectivity index is 2.06. The Morgan fingerprint density at radius 3 is 2.82 bits per heavy atom. The first-order valence-electron chi connectivity index (χ1n) is 6.70. The van der Waals surface area contributed by atoms with Crippen molar-refractivity contribution in [2.45, 2.75) is 57.7 Å². The van der Waals surface area contributed by atoms with E-state index >= 15 is 0 Å². The van der Waals surface area contributed by atoms with Crippen molar-refractivity contribution in [3.8, 4) is 0 Å². The molecule has 0 aromatic carbocycles. The molecule has 1 amide bonds. The number of piperidine rings is 1. The molecule has 1 N–H and O–H groups in total. The summed E-state index contributed by atoms with van der Waals surface area (Å²) in [7, 11) is 0. The Bertz CT molecular complexity index is 287. The van der Waals surface area contributed by atoms with Crippen molar-refractivity contribution in [1.82, 2.24) is 10.2 Å². The highest BCUT2D eigenvalue weighted by Crippen LogP contribution is 2.24. The molecule has 0 spiro atoms. The van der Waals surface area contributed by atoms with Crippen LogP contribution in [-0.2, 0) is 9.53 Å². The average molecular weight is 240 g/mol. The van der Waals surface area contributed by atoms with E-state index in [9.17, 15) is 4.79 Å². The van der Waals surface area contributed by atoms with Crippen molar-refractivity contribution in [1.29, 1.82) is 0 Å². The van der Waals surface area contributed by atoms with Crippen LogP contribution >= 0.6 is 0 Å². The highest BCUT2D eigenvalue weighted by atomic mass is 16.5. The third-order valence-corrected chi connectivity index (χ3v) is 3.96. The molecule has 2 rings (SSSR count). The van der Waals surface area contributed by atoms with Crippen molar-refractivity contribution in [3.63, 3.8) is 0 Å². The second-order valence-corrected chi connectivity index (χ2v) is 5.67. The quantitative estimate of drug-likeness (QED) is 0.747. The summed E-state index contributed by atoms with van der Waals surface area (Å²) in [6.45, 7) is 8.47. The molecule has 0 aliphatic carbocycles. The van der Waals surface area contributed by atoms with E-state index in [-0.39, 0.29) is 23.6 Å². The van der Waals surface area contributed by atoms with E-state index in [0.717, 1.165) is 25.9 Å². The van der Waals surface area contributed by atoms with Gasteiger partial charge < -0.3 is 15.0 Å². The zero-order valence-electron chi connectivity index (χ0n) is 11.2. The maximum Gasteiger partial charge on any atom is 0.242 e. The monoisotopic (exact) mass is 240 g/mol. The van der Waals surface area contributed by atoms with Crippen LogP contribution in [0.5, 0.6) is 0 Å². The summed E-state index contributed by atoms with van der Waals surface area (Å²) in [5.74, 6) is 0.250. The second-order valence-electron chi connectivity index (χ2n) is 5.67. The largest absolute Gasteiger partial charge is 0.375 e. The molecule has 17 heavy (non-hydrogen) atoms. The number of nitrogens with one attached hydrogen (secondary N) is 1. The number of carbonyl (C=O) groups is 1. The molecule has 2 heterocycles. The maximum absolute atomic E-state index is 12.6. The van der Waals surface area contributed by atoms with Crippen molar-refractivity contribution in [3.05, 3.63) is 0 Å². The summed E-state index contributed by atoms with van der Waals surface area (Å²) in [5, 5.41) is 3.40. The normalized spacial score (nSPS) is 39.1. The van der Waals surface area contributed by atoms with E-state index < -0.39 is 0 Å². The Labute approximate surface area is 104 Å². The Morgan fingerprint density at radius 1 is 1.41 bits per heavy atom. The number of nitrogens with zero attached hydrogens (tertiary/aromatic N) is 1. The number of morpholine rings is 1. The van der Waals surface area contributed by atoms with Gasteiger partial charge in [0, 0.05) is 6.54 Å². The summed E-state index contributed by atoms with van der Waals surface area (Å²) in [5.41, 5.74) is -0.358. The smallest absolute Gasteiger partial charge is 0.242 e. The summed E-state index contributed by atoms with van der Waals surface area (Å²) in [6.07, 6.45) is 3.42. The minimum Gasteiger partial charge on any atom is -0.375 e. The van der Waals surface area contributed by atoms with E-state index in [0.29, 0.717) is 6.61 Å². The molecular weight excluding hydrogens is 216 g/mol. The van der Waals surface area contributed by atoms with Gasteiger partial charge in [-0.05, 0) is 46.6 Å². The topological polar surface area (TPSA) is 41.6 Å². The summed E-state index contributed by atoms with van der Waals surface area (Å²) in [4.78, 5) is 14.6. The number of rotatable bonds is 1. The SMILES string of the molecule is CC1CN(C(=O)C2(C)CCCCN2)C(C)CO1. The molecule has 2 fully saturated rings. The van der Waals surface area contributed by atoms with E-state index in [2.05, 4.69) is 12.2 Å². The first-order chi connectivity index (χ1) is 8.03. The molecule has 0 aromatic rings. The molecular formula is C13H24N2O2. The number of carbonyl (C=O) groups excluding carboxylic acids is 1. The second kappa shape index (κ2) is 4.94. The third-order valence-electron chi connectivity index (χ3n) is 3.96. The first kappa shape index (κ1) is 12.8. The minimum atomic E-state index is -0.358. The van der Waals surface area contributed by atoms with Gasteiger partial charge in [-0.3, -0.25) is 4.79 Å². The molecule has 3 unspecified atom stereocenters. The summed E-state index contributed by atoms with van der Waals surface area (Å²) in [6, 6.07) is 0.194. The lowest BCUT2D eigenvalue weighted by Gasteiger charge is -2.43. The molecule has 0 bridgehead atoms. The molecule has 0 saturated carbocycles. The lowest BCUT2D eigenvalue weighted by atomic mass is 9.89. The van der Waals surface area contributed by atoms with Crippen LogP contribution in [-0.4, -0.2) is 48.2 Å². The summed E-state index contributed by atoms with van der Waals surface area (Å²) < 4.78 is 5.58. The Kier molecular flexibility index (Phi) is 3.73. The van der Waals surface area contributed by atoms with E-state index in [1.165, 1.54) is 6.42 Å². The van der Waals surface area contributed by atoms with Gasteiger partial charge in [0.05, 0.1) is 24.3 Å². The van der Waals surface area contributed by atoms with Crippen molar-refractivity contribution >= 4 is 5.91 Å². The van der Waals surface area contributed by atoms with Crippen LogP contribution in [0.25, 0.3) is 0 Å². The minimum absolute atomic E-state index is 0.155. The third kappa shape index (κ3) is 2.63. The van der Waals surface area contributed by atoms with Gasteiger partial charge in [0.25, 0.3) is 0 Å². The molecule has 2 aliphatic rings. The maximum atomic E-state index is 12.6. The van der Waals surface area contributed by atoms with Gasteiger partial charge in [-0.25, -0.2) is 0 Å². The zero-order valence-corrected chi connectivity index (χ0v) is 11.2. The van der Waals surface area contributed by atoms with Gasteiger partial charge in [-0.1, -0.05) is 0 Å². The van der Waals surface area contributed by atoms with Gasteiger partial charge >= 0.3 is 0 Å². The molecule has 98 valence electrons. The molecule has 3 atom stereocenters. The average Bonchev–Trinajstić information content (AvgIpc) is 2.32. The lowest BCUT2D eigenvalue weighted by molar-refractivity contribution is -0.150. The van der Waals surface area contributed by atoms with Crippen molar-refractivity contribution < 1.29 is 9.53 Å². The fourth-order valence-electron chi connectivity index (χ4n) is 2.74. The Morgan fingerprint density at radius 2 is 2.18 bits per heavy atom. The van der Waals surface area contributed by atoms with E-state index in [1.54, 1.807) is 0 Å².